The lowest BCUT2D eigenvalue weighted by Crippen LogP contribution is -2.46. The minimum atomic E-state index is -0.509. The third kappa shape index (κ3) is 3.37. The summed E-state index contributed by atoms with van der Waals surface area (Å²) in [4.78, 5) is 12.5. The second-order valence-electron chi connectivity index (χ2n) is 4.68. The molecule has 0 unspecified atom stereocenters. The van der Waals surface area contributed by atoms with Crippen molar-refractivity contribution in [3.8, 4) is 0 Å². The van der Waals surface area contributed by atoms with Crippen molar-refractivity contribution in [2.24, 2.45) is 11.1 Å². The Morgan fingerprint density at radius 2 is 2.05 bits per heavy atom. The number of carbonyl (C=O) groups excluding carboxylic acids is 1. The second-order valence-corrected chi connectivity index (χ2v) is 6.45. The zero-order valence-corrected chi connectivity index (χ0v) is 13.6. The fraction of sp³-hybridized carbons (Fsp3) is 0.462. The summed E-state index contributed by atoms with van der Waals surface area (Å²) in [6.45, 7) is 1.52. The van der Waals surface area contributed by atoms with Crippen LogP contribution < -0.4 is 11.1 Å². The summed E-state index contributed by atoms with van der Waals surface area (Å²) in [5.74, 6) is -0.0266. The molecule has 1 aromatic rings. The molecule has 0 aromatic heterocycles. The van der Waals surface area contributed by atoms with Gasteiger partial charge in [0, 0.05) is 28.7 Å². The van der Waals surface area contributed by atoms with Crippen molar-refractivity contribution in [2.75, 3.05) is 25.1 Å². The van der Waals surface area contributed by atoms with E-state index in [0.717, 1.165) is 14.6 Å². The number of hydrogen-bond donors (Lipinski definition) is 2. The first-order chi connectivity index (χ1) is 9.07. The summed E-state index contributed by atoms with van der Waals surface area (Å²) in [6, 6.07) is 5.64. The quantitative estimate of drug-likeness (QED) is 0.832. The Morgan fingerprint density at radius 3 is 2.63 bits per heavy atom. The Kier molecular flexibility index (Phi) is 5.00. The van der Waals surface area contributed by atoms with Gasteiger partial charge in [-0.2, -0.15) is 0 Å². The van der Waals surface area contributed by atoms with Crippen LogP contribution in [0, 0.1) is 5.41 Å². The summed E-state index contributed by atoms with van der Waals surface area (Å²) in [5.41, 5.74) is 6.07. The van der Waals surface area contributed by atoms with Crippen molar-refractivity contribution in [1.82, 2.24) is 0 Å². The van der Waals surface area contributed by atoms with E-state index < -0.39 is 5.41 Å². The smallest absolute Gasteiger partial charge is 0.232 e. The number of nitrogens with two attached hydrogens (primary N) is 1. The fourth-order valence-corrected chi connectivity index (χ4v) is 3.28. The first-order valence-electron chi connectivity index (χ1n) is 6.12. The third-order valence-electron chi connectivity index (χ3n) is 3.50. The molecule has 1 saturated heterocycles. The largest absolute Gasteiger partial charge is 0.381 e. The highest BCUT2D eigenvalue weighted by atomic mass is 79.9. The molecule has 19 heavy (non-hydrogen) atoms. The summed E-state index contributed by atoms with van der Waals surface area (Å²) < 4.78 is 7.11. The van der Waals surface area contributed by atoms with E-state index in [9.17, 15) is 4.79 Å². The van der Waals surface area contributed by atoms with E-state index in [1.807, 2.05) is 18.2 Å². The second kappa shape index (κ2) is 6.35. The predicted octanol–water partition coefficient (Wildman–Crippen LogP) is 2.91. The van der Waals surface area contributed by atoms with Crippen molar-refractivity contribution >= 4 is 43.5 Å². The van der Waals surface area contributed by atoms with Crippen molar-refractivity contribution < 1.29 is 9.53 Å². The molecule has 0 saturated carbocycles. The number of rotatable bonds is 3. The summed E-state index contributed by atoms with van der Waals surface area (Å²) in [5, 5.41) is 2.96. The van der Waals surface area contributed by atoms with Crippen LogP contribution in [0.4, 0.5) is 5.69 Å². The summed E-state index contributed by atoms with van der Waals surface area (Å²) in [6.07, 6.45) is 1.34. The molecule has 1 aliphatic rings. The van der Waals surface area contributed by atoms with Crippen molar-refractivity contribution in [1.29, 1.82) is 0 Å². The number of carbonyl (C=O) groups is 1. The van der Waals surface area contributed by atoms with Gasteiger partial charge >= 0.3 is 0 Å². The Labute approximate surface area is 129 Å². The van der Waals surface area contributed by atoms with E-state index in [4.69, 9.17) is 10.5 Å². The molecule has 1 fully saturated rings. The van der Waals surface area contributed by atoms with Gasteiger partial charge in [0.15, 0.2) is 0 Å². The van der Waals surface area contributed by atoms with E-state index in [0.29, 0.717) is 32.6 Å². The van der Waals surface area contributed by atoms with Gasteiger partial charge in [0.05, 0.1) is 11.1 Å². The molecule has 4 nitrogen and oxygen atoms in total. The normalized spacial score (nSPS) is 18.1. The van der Waals surface area contributed by atoms with E-state index in [-0.39, 0.29) is 5.91 Å². The van der Waals surface area contributed by atoms with Crippen LogP contribution in [0.1, 0.15) is 12.8 Å². The molecule has 2 rings (SSSR count). The molecule has 6 heteroatoms. The maximum atomic E-state index is 12.5. The number of halogens is 2. The van der Waals surface area contributed by atoms with E-state index in [1.165, 1.54) is 0 Å². The highest BCUT2D eigenvalue weighted by molar-refractivity contribution is 9.11. The molecule has 0 bridgehead atoms. The maximum absolute atomic E-state index is 12.5. The van der Waals surface area contributed by atoms with Crippen molar-refractivity contribution in [3.05, 3.63) is 27.1 Å². The lowest BCUT2D eigenvalue weighted by molar-refractivity contribution is -0.130. The Balaban J connectivity index is 2.15. The van der Waals surface area contributed by atoms with Gasteiger partial charge in [-0.1, -0.05) is 15.9 Å². The van der Waals surface area contributed by atoms with Crippen LogP contribution in [0.15, 0.2) is 27.1 Å². The topological polar surface area (TPSA) is 64.4 Å². The molecule has 1 amide bonds. The molecular weight excluding hydrogens is 376 g/mol. The number of hydrogen-bond acceptors (Lipinski definition) is 3. The third-order valence-corrected chi connectivity index (χ3v) is 4.65. The SMILES string of the molecule is NCC1(C(=O)Nc2ccc(Br)cc2Br)CCOCC1. The maximum Gasteiger partial charge on any atom is 0.232 e. The van der Waals surface area contributed by atoms with Crippen LogP contribution in [-0.2, 0) is 9.53 Å². The minimum Gasteiger partial charge on any atom is -0.381 e. The molecule has 1 aromatic carbocycles. The average Bonchev–Trinajstić information content (AvgIpc) is 2.42. The van der Waals surface area contributed by atoms with Crippen LogP contribution in [0.2, 0.25) is 0 Å². The number of benzene rings is 1. The summed E-state index contributed by atoms with van der Waals surface area (Å²) >= 11 is 6.82. The molecule has 0 aliphatic carbocycles. The zero-order chi connectivity index (χ0) is 13.9. The highest BCUT2D eigenvalue weighted by Gasteiger charge is 2.38. The Morgan fingerprint density at radius 1 is 1.37 bits per heavy atom. The zero-order valence-electron chi connectivity index (χ0n) is 10.4. The number of nitrogens with one attached hydrogen (secondary N) is 1. The number of anilines is 1. The van der Waals surface area contributed by atoms with E-state index in [2.05, 4.69) is 37.2 Å². The molecule has 104 valence electrons. The van der Waals surface area contributed by atoms with Crippen molar-refractivity contribution in [3.63, 3.8) is 0 Å². The van der Waals surface area contributed by atoms with Gasteiger partial charge in [0.2, 0.25) is 5.91 Å². The van der Waals surface area contributed by atoms with Gasteiger partial charge in [-0.25, -0.2) is 0 Å². The van der Waals surface area contributed by atoms with Gasteiger partial charge in [-0.15, -0.1) is 0 Å². The van der Waals surface area contributed by atoms with Crippen molar-refractivity contribution in [2.45, 2.75) is 12.8 Å². The molecule has 0 spiro atoms. The van der Waals surface area contributed by atoms with Gasteiger partial charge in [0.1, 0.15) is 0 Å². The molecule has 1 aliphatic heterocycles. The lowest BCUT2D eigenvalue weighted by Gasteiger charge is -2.34. The summed E-state index contributed by atoms with van der Waals surface area (Å²) in [7, 11) is 0. The molecule has 0 atom stereocenters. The van der Waals surface area contributed by atoms with Gasteiger partial charge in [-0.3, -0.25) is 4.79 Å². The monoisotopic (exact) mass is 390 g/mol. The molecule has 3 N–H and O–H groups in total. The first kappa shape index (κ1) is 15.0. The minimum absolute atomic E-state index is 0.0266. The molecule has 1 heterocycles. The number of ether oxygens (including phenoxy) is 1. The number of amides is 1. The van der Waals surface area contributed by atoms with E-state index >= 15 is 0 Å². The van der Waals surface area contributed by atoms with Crippen LogP contribution in [-0.4, -0.2) is 25.7 Å². The Bertz CT molecular complexity index is 474. The van der Waals surface area contributed by atoms with Gasteiger partial charge in [0.25, 0.3) is 0 Å². The van der Waals surface area contributed by atoms with Gasteiger partial charge in [-0.05, 0) is 47.0 Å². The molecule has 0 radical (unpaired) electrons. The standard InChI is InChI=1S/C13H16Br2N2O2/c14-9-1-2-11(10(15)7-9)17-12(18)13(8-16)3-5-19-6-4-13/h1-2,7H,3-6,8,16H2,(H,17,18). The van der Waals surface area contributed by atoms with Crippen LogP contribution in [0.5, 0.6) is 0 Å². The molecular formula is C13H16Br2N2O2. The van der Waals surface area contributed by atoms with Gasteiger partial charge < -0.3 is 15.8 Å². The predicted molar refractivity (Wildman–Crippen MR) is 82.0 cm³/mol. The first-order valence-corrected chi connectivity index (χ1v) is 7.70. The van der Waals surface area contributed by atoms with Crippen LogP contribution in [0.3, 0.4) is 0 Å². The van der Waals surface area contributed by atoms with Crippen LogP contribution >= 0.6 is 31.9 Å². The highest BCUT2D eigenvalue weighted by Crippen LogP contribution is 2.33. The Hall–Kier alpha value is -0.430. The van der Waals surface area contributed by atoms with Crippen LogP contribution in [0.25, 0.3) is 0 Å². The fourth-order valence-electron chi connectivity index (χ4n) is 2.13. The average molecular weight is 392 g/mol. The lowest BCUT2D eigenvalue weighted by atomic mass is 9.79. The van der Waals surface area contributed by atoms with E-state index in [1.54, 1.807) is 0 Å².